The second kappa shape index (κ2) is 10.5. The van der Waals surface area contributed by atoms with Crippen molar-refractivity contribution in [3.8, 4) is 5.75 Å². The molecule has 1 saturated heterocycles. The summed E-state index contributed by atoms with van der Waals surface area (Å²) in [7, 11) is -6.94. The Labute approximate surface area is 195 Å². The van der Waals surface area contributed by atoms with Crippen LogP contribution in [0.3, 0.4) is 0 Å². The molecule has 1 fully saturated rings. The number of nitrogens with one attached hydrogen (secondary N) is 2. The molecule has 9 nitrogen and oxygen atoms in total. The fraction of sp³-hybridized carbons (Fsp3) is 0.409. The molecular weight excluding hydrogens is 466 g/mol. The van der Waals surface area contributed by atoms with Gasteiger partial charge in [0.2, 0.25) is 20.0 Å². The number of ether oxygens (including phenoxy) is 1. The fourth-order valence-corrected chi connectivity index (χ4v) is 5.61. The third-order valence-electron chi connectivity index (χ3n) is 5.23. The van der Waals surface area contributed by atoms with Gasteiger partial charge in [-0.3, -0.25) is 9.52 Å². The third-order valence-corrected chi connectivity index (χ3v) is 7.73. The number of sulfonamides is 2. The maximum Gasteiger partial charge on any atom is 0.251 e. The average Bonchev–Trinajstić information content (AvgIpc) is 2.78. The van der Waals surface area contributed by atoms with Crippen LogP contribution in [0.25, 0.3) is 0 Å². The van der Waals surface area contributed by atoms with Crippen LogP contribution in [-0.2, 0) is 20.0 Å². The first-order valence-corrected chi connectivity index (χ1v) is 14.0. The highest BCUT2D eigenvalue weighted by Gasteiger charge is 2.25. The Balaban J connectivity index is 1.51. The summed E-state index contributed by atoms with van der Waals surface area (Å²) in [6.45, 7) is 3.24. The third kappa shape index (κ3) is 6.92. The van der Waals surface area contributed by atoms with Gasteiger partial charge in [-0.25, -0.2) is 16.8 Å². The smallest absolute Gasteiger partial charge is 0.251 e. The van der Waals surface area contributed by atoms with E-state index < -0.39 is 20.0 Å². The van der Waals surface area contributed by atoms with E-state index >= 15 is 0 Å². The van der Waals surface area contributed by atoms with Crippen molar-refractivity contribution in [3.05, 3.63) is 53.6 Å². The summed E-state index contributed by atoms with van der Waals surface area (Å²) < 4.78 is 57.8. The highest BCUT2D eigenvalue weighted by Crippen LogP contribution is 2.23. The number of rotatable bonds is 9. The first-order chi connectivity index (χ1) is 15.6. The molecule has 180 valence electrons. The Morgan fingerprint density at radius 3 is 2.30 bits per heavy atom. The number of anilines is 1. The summed E-state index contributed by atoms with van der Waals surface area (Å²) in [6.07, 6.45) is 3.86. The van der Waals surface area contributed by atoms with E-state index in [4.69, 9.17) is 4.74 Å². The predicted molar refractivity (Wildman–Crippen MR) is 127 cm³/mol. The molecule has 2 N–H and O–H groups in total. The molecule has 0 aromatic heterocycles. The summed E-state index contributed by atoms with van der Waals surface area (Å²) in [6, 6.07) is 11.0. The number of carbonyl (C=O) groups excluding carboxylic acids is 1. The molecular formula is C22H29N3O6S2. The SMILES string of the molecule is Cc1ccc(C(=O)NCCOc2ccc(S(=O)(=O)N3CCCCC3)cc2)cc1NS(C)(=O)=O. The lowest BCUT2D eigenvalue weighted by molar-refractivity contribution is 0.0947. The van der Waals surface area contributed by atoms with Crippen molar-refractivity contribution < 1.29 is 26.4 Å². The van der Waals surface area contributed by atoms with E-state index in [1.165, 1.54) is 22.5 Å². The van der Waals surface area contributed by atoms with Crippen molar-refractivity contribution >= 4 is 31.6 Å². The van der Waals surface area contributed by atoms with Gasteiger partial charge in [0.15, 0.2) is 0 Å². The Kier molecular flexibility index (Phi) is 7.98. The zero-order valence-corrected chi connectivity index (χ0v) is 20.3. The summed E-state index contributed by atoms with van der Waals surface area (Å²) in [5.41, 5.74) is 1.37. The van der Waals surface area contributed by atoms with Crippen molar-refractivity contribution in [2.75, 3.05) is 37.2 Å². The molecule has 0 atom stereocenters. The molecule has 11 heteroatoms. The monoisotopic (exact) mass is 495 g/mol. The number of nitrogens with zero attached hydrogens (tertiary/aromatic N) is 1. The van der Waals surface area contributed by atoms with Crippen LogP contribution in [0.1, 0.15) is 35.2 Å². The molecule has 0 radical (unpaired) electrons. The van der Waals surface area contributed by atoms with Gasteiger partial charge < -0.3 is 10.1 Å². The lowest BCUT2D eigenvalue weighted by atomic mass is 10.1. The Morgan fingerprint density at radius 2 is 1.67 bits per heavy atom. The van der Waals surface area contributed by atoms with Crippen molar-refractivity contribution in [2.24, 2.45) is 0 Å². The number of amides is 1. The van der Waals surface area contributed by atoms with Crippen molar-refractivity contribution in [2.45, 2.75) is 31.1 Å². The molecule has 2 aromatic carbocycles. The van der Waals surface area contributed by atoms with E-state index in [1.54, 1.807) is 31.2 Å². The van der Waals surface area contributed by atoms with E-state index in [1.807, 2.05) is 0 Å². The van der Waals surface area contributed by atoms with Crippen molar-refractivity contribution in [3.63, 3.8) is 0 Å². The standard InChI is InChI=1S/C22H29N3O6S2/c1-17-6-7-18(16-21(17)24-32(2,27)28)22(26)23-12-15-31-19-8-10-20(11-9-19)33(29,30)25-13-4-3-5-14-25/h6-11,16,24H,3-5,12-15H2,1-2H3,(H,23,26). The van der Waals surface area contributed by atoms with Gasteiger partial charge in [0.05, 0.1) is 23.4 Å². The second-order valence-corrected chi connectivity index (χ2v) is 11.6. The van der Waals surface area contributed by atoms with E-state index in [2.05, 4.69) is 10.0 Å². The minimum absolute atomic E-state index is 0.185. The van der Waals surface area contributed by atoms with Crippen LogP contribution >= 0.6 is 0 Å². The van der Waals surface area contributed by atoms with Gasteiger partial charge in [0.25, 0.3) is 5.91 Å². The minimum Gasteiger partial charge on any atom is -0.492 e. The Hall–Kier alpha value is -2.63. The quantitative estimate of drug-likeness (QED) is 0.515. The number of benzene rings is 2. The van der Waals surface area contributed by atoms with E-state index in [9.17, 15) is 21.6 Å². The molecule has 33 heavy (non-hydrogen) atoms. The van der Waals surface area contributed by atoms with Crippen molar-refractivity contribution in [1.29, 1.82) is 0 Å². The van der Waals surface area contributed by atoms with Crippen LogP contribution in [0, 0.1) is 6.92 Å². The number of hydrogen-bond acceptors (Lipinski definition) is 6. The number of aryl methyl sites for hydroxylation is 1. The lowest BCUT2D eigenvalue weighted by Gasteiger charge is -2.25. The fourth-order valence-electron chi connectivity index (χ4n) is 3.47. The predicted octanol–water partition coefficient (Wildman–Crippen LogP) is 2.35. The van der Waals surface area contributed by atoms with Crippen LogP contribution in [0.2, 0.25) is 0 Å². The molecule has 3 rings (SSSR count). The van der Waals surface area contributed by atoms with E-state index in [0.717, 1.165) is 25.5 Å². The van der Waals surface area contributed by atoms with Gasteiger partial charge in [0, 0.05) is 18.7 Å². The molecule has 2 aromatic rings. The molecule has 1 amide bonds. The van der Waals surface area contributed by atoms with E-state index in [0.29, 0.717) is 35.7 Å². The van der Waals surface area contributed by atoms with Crippen LogP contribution in [0.4, 0.5) is 5.69 Å². The molecule has 1 heterocycles. The number of carbonyl (C=O) groups is 1. The topological polar surface area (TPSA) is 122 Å². The van der Waals surface area contributed by atoms with Gasteiger partial charge in [-0.05, 0) is 61.7 Å². The Morgan fingerprint density at radius 1 is 1.00 bits per heavy atom. The number of piperidine rings is 1. The maximum absolute atomic E-state index is 12.7. The first kappa shape index (κ1) is 25.0. The zero-order chi connectivity index (χ0) is 24.1. The zero-order valence-electron chi connectivity index (χ0n) is 18.7. The summed E-state index contributed by atoms with van der Waals surface area (Å²) in [4.78, 5) is 12.6. The van der Waals surface area contributed by atoms with E-state index in [-0.39, 0.29) is 24.0 Å². The summed E-state index contributed by atoms with van der Waals surface area (Å²) in [5, 5.41) is 2.71. The molecule has 0 spiro atoms. The molecule has 1 aliphatic heterocycles. The van der Waals surface area contributed by atoms with Crippen LogP contribution < -0.4 is 14.8 Å². The van der Waals surface area contributed by atoms with Crippen LogP contribution in [0.5, 0.6) is 5.75 Å². The molecule has 0 unspecified atom stereocenters. The van der Waals surface area contributed by atoms with Gasteiger partial charge in [-0.15, -0.1) is 0 Å². The summed E-state index contributed by atoms with van der Waals surface area (Å²) >= 11 is 0. The van der Waals surface area contributed by atoms with Gasteiger partial charge in [-0.1, -0.05) is 12.5 Å². The highest BCUT2D eigenvalue weighted by atomic mass is 32.2. The lowest BCUT2D eigenvalue weighted by Crippen LogP contribution is -2.35. The largest absolute Gasteiger partial charge is 0.492 e. The van der Waals surface area contributed by atoms with Gasteiger partial charge in [-0.2, -0.15) is 4.31 Å². The minimum atomic E-state index is -3.49. The normalized spacial score (nSPS) is 15.1. The molecule has 1 aliphatic rings. The summed E-state index contributed by atoms with van der Waals surface area (Å²) in [5.74, 6) is 0.134. The van der Waals surface area contributed by atoms with Gasteiger partial charge in [0.1, 0.15) is 12.4 Å². The van der Waals surface area contributed by atoms with Crippen LogP contribution in [0.15, 0.2) is 47.4 Å². The number of hydrogen-bond donors (Lipinski definition) is 2. The van der Waals surface area contributed by atoms with Crippen molar-refractivity contribution in [1.82, 2.24) is 9.62 Å². The average molecular weight is 496 g/mol. The second-order valence-electron chi connectivity index (χ2n) is 7.94. The highest BCUT2D eigenvalue weighted by molar-refractivity contribution is 7.92. The van der Waals surface area contributed by atoms with Gasteiger partial charge >= 0.3 is 0 Å². The molecule has 0 bridgehead atoms. The molecule has 0 saturated carbocycles. The molecule has 0 aliphatic carbocycles. The van der Waals surface area contributed by atoms with Crippen LogP contribution in [-0.4, -0.2) is 59.5 Å². The Bertz CT molecular complexity index is 1190. The maximum atomic E-state index is 12.7. The first-order valence-electron chi connectivity index (χ1n) is 10.7.